The number of piperidine rings is 2. The summed E-state index contributed by atoms with van der Waals surface area (Å²) in [6.45, 7) is 2.46. The highest BCUT2D eigenvalue weighted by Gasteiger charge is 2.42. The van der Waals surface area contributed by atoms with Crippen molar-refractivity contribution < 1.29 is 9.59 Å². The molecule has 2 N–H and O–H groups in total. The molecule has 2 aromatic heterocycles. The van der Waals surface area contributed by atoms with Gasteiger partial charge in [0.25, 0.3) is 0 Å². The number of benzene rings is 1. The monoisotopic (exact) mass is 437 g/mol. The van der Waals surface area contributed by atoms with Gasteiger partial charge in [0.1, 0.15) is 0 Å². The standard InChI is InChI=1S/C23H27N5O2S/c24-21(30)27-10-4-5-17(15-27)20(29)26-11-8-23(9-12-26,18-6-2-1-3-7-18)19-16-28-13-14-31-22(28)25-19/h1-3,6-7,13-14,16-17H,4-5,8-12,15H2,(H2,24,30). The van der Waals surface area contributed by atoms with Gasteiger partial charge in [0.05, 0.1) is 11.6 Å². The van der Waals surface area contributed by atoms with Crippen molar-refractivity contribution in [1.82, 2.24) is 19.2 Å². The number of thiazole rings is 1. The summed E-state index contributed by atoms with van der Waals surface area (Å²) in [6, 6.07) is 10.1. The zero-order chi connectivity index (χ0) is 21.4. The number of imidazole rings is 1. The van der Waals surface area contributed by atoms with Gasteiger partial charge in [0.15, 0.2) is 4.96 Å². The van der Waals surface area contributed by atoms with Crippen LogP contribution in [0, 0.1) is 5.92 Å². The van der Waals surface area contributed by atoms with Crippen LogP contribution in [-0.4, -0.2) is 57.3 Å². The quantitative estimate of drug-likeness (QED) is 0.683. The molecule has 3 amide bonds. The molecular weight excluding hydrogens is 410 g/mol. The van der Waals surface area contributed by atoms with E-state index in [1.54, 1.807) is 16.2 Å². The number of carbonyl (C=O) groups excluding carboxylic acids is 2. The topological polar surface area (TPSA) is 83.9 Å². The van der Waals surface area contributed by atoms with Gasteiger partial charge in [-0.3, -0.25) is 9.20 Å². The van der Waals surface area contributed by atoms with Gasteiger partial charge in [-0.05, 0) is 31.2 Å². The molecule has 1 atom stereocenters. The molecule has 0 saturated carbocycles. The Labute approximate surface area is 185 Å². The van der Waals surface area contributed by atoms with Crippen molar-refractivity contribution in [1.29, 1.82) is 0 Å². The van der Waals surface area contributed by atoms with Crippen molar-refractivity contribution in [2.45, 2.75) is 31.1 Å². The van der Waals surface area contributed by atoms with Crippen LogP contribution in [-0.2, 0) is 10.2 Å². The summed E-state index contributed by atoms with van der Waals surface area (Å²) < 4.78 is 2.09. The number of aromatic nitrogens is 2. The van der Waals surface area contributed by atoms with E-state index in [1.165, 1.54) is 5.56 Å². The van der Waals surface area contributed by atoms with E-state index in [9.17, 15) is 9.59 Å². The van der Waals surface area contributed by atoms with Gasteiger partial charge in [-0.1, -0.05) is 30.3 Å². The Bertz CT molecular complexity index is 1060. The molecule has 162 valence electrons. The maximum absolute atomic E-state index is 13.2. The molecule has 1 unspecified atom stereocenters. The van der Waals surface area contributed by atoms with Crippen molar-refractivity contribution in [3.05, 3.63) is 59.4 Å². The number of hydrogen-bond acceptors (Lipinski definition) is 4. The number of rotatable bonds is 3. The lowest BCUT2D eigenvalue weighted by Gasteiger charge is -2.43. The number of likely N-dealkylation sites (tertiary alicyclic amines) is 2. The van der Waals surface area contributed by atoms with Crippen LogP contribution < -0.4 is 5.73 Å². The SMILES string of the molecule is NC(=O)N1CCCC(C(=O)N2CCC(c3ccccc3)(c3cn4ccsc4n3)CC2)C1. The minimum absolute atomic E-state index is 0.150. The zero-order valence-electron chi connectivity index (χ0n) is 17.4. The Morgan fingerprint density at radius 1 is 1.10 bits per heavy atom. The van der Waals surface area contributed by atoms with Crippen LogP contribution in [0.5, 0.6) is 0 Å². The highest BCUT2D eigenvalue weighted by molar-refractivity contribution is 7.15. The number of amides is 3. The summed E-state index contributed by atoms with van der Waals surface area (Å²) in [7, 11) is 0. The summed E-state index contributed by atoms with van der Waals surface area (Å²) in [5.74, 6) is 0.00172. The van der Waals surface area contributed by atoms with E-state index in [-0.39, 0.29) is 17.2 Å². The van der Waals surface area contributed by atoms with Crippen molar-refractivity contribution in [2.24, 2.45) is 11.7 Å². The lowest BCUT2D eigenvalue weighted by molar-refractivity contribution is -0.138. The molecule has 2 saturated heterocycles. The Kier molecular flexibility index (Phi) is 5.17. The molecule has 31 heavy (non-hydrogen) atoms. The lowest BCUT2D eigenvalue weighted by atomic mass is 9.70. The van der Waals surface area contributed by atoms with Crippen LogP contribution in [0.1, 0.15) is 36.9 Å². The lowest BCUT2D eigenvalue weighted by Crippen LogP contribution is -2.51. The first-order valence-corrected chi connectivity index (χ1v) is 11.8. The Hall–Kier alpha value is -2.87. The summed E-state index contributed by atoms with van der Waals surface area (Å²) in [6.07, 6.45) is 7.50. The first-order chi connectivity index (χ1) is 15.1. The molecule has 0 spiro atoms. The van der Waals surface area contributed by atoms with Crippen LogP contribution >= 0.6 is 11.3 Å². The molecule has 0 aliphatic carbocycles. The predicted molar refractivity (Wildman–Crippen MR) is 120 cm³/mol. The maximum Gasteiger partial charge on any atom is 0.314 e. The van der Waals surface area contributed by atoms with Crippen molar-refractivity contribution >= 4 is 28.2 Å². The maximum atomic E-state index is 13.2. The van der Waals surface area contributed by atoms with Crippen molar-refractivity contribution in [2.75, 3.05) is 26.2 Å². The van der Waals surface area contributed by atoms with Gasteiger partial charge in [0.2, 0.25) is 5.91 Å². The molecule has 2 aliphatic rings. The number of hydrogen-bond donors (Lipinski definition) is 1. The first-order valence-electron chi connectivity index (χ1n) is 10.9. The number of nitrogens with zero attached hydrogens (tertiary/aromatic N) is 4. The Balaban J connectivity index is 1.38. The average molecular weight is 438 g/mol. The molecule has 2 aliphatic heterocycles. The van der Waals surface area contributed by atoms with E-state index in [1.807, 2.05) is 22.5 Å². The van der Waals surface area contributed by atoms with Crippen LogP contribution in [0.3, 0.4) is 0 Å². The molecule has 8 heteroatoms. The van der Waals surface area contributed by atoms with Gasteiger partial charge < -0.3 is 15.5 Å². The van der Waals surface area contributed by atoms with Gasteiger partial charge in [-0.25, -0.2) is 9.78 Å². The summed E-state index contributed by atoms with van der Waals surface area (Å²) in [5, 5.41) is 2.04. The van der Waals surface area contributed by atoms with E-state index in [4.69, 9.17) is 10.7 Å². The summed E-state index contributed by atoms with van der Waals surface area (Å²) >= 11 is 1.64. The number of primary amides is 1. The minimum Gasteiger partial charge on any atom is -0.351 e. The molecule has 0 bridgehead atoms. The van der Waals surface area contributed by atoms with Gasteiger partial charge >= 0.3 is 6.03 Å². The van der Waals surface area contributed by atoms with E-state index >= 15 is 0 Å². The summed E-state index contributed by atoms with van der Waals surface area (Å²) in [5.41, 5.74) is 7.58. The molecule has 1 aromatic carbocycles. The zero-order valence-corrected chi connectivity index (χ0v) is 18.3. The number of carbonyl (C=O) groups is 2. The molecule has 2 fully saturated rings. The van der Waals surface area contributed by atoms with E-state index < -0.39 is 6.03 Å². The number of fused-ring (bicyclic) bond motifs is 1. The molecule has 3 aromatic rings. The van der Waals surface area contributed by atoms with Crippen LogP contribution in [0.2, 0.25) is 0 Å². The third-order valence-electron chi connectivity index (χ3n) is 6.92. The highest BCUT2D eigenvalue weighted by atomic mass is 32.1. The van der Waals surface area contributed by atoms with Crippen LogP contribution in [0.25, 0.3) is 4.96 Å². The molecule has 0 radical (unpaired) electrons. The second-order valence-electron chi connectivity index (χ2n) is 8.62. The predicted octanol–water partition coefficient (Wildman–Crippen LogP) is 3.10. The van der Waals surface area contributed by atoms with Crippen molar-refractivity contribution in [3.8, 4) is 0 Å². The van der Waals surface area contributed by atoms with Crippen molar-refractivity contribution in [3.63, 3.8) is 0 Å². The smallest absolute Gasteiger partial charge is 0.314 e. The molecule has 4 heterocycles. The first kappa shape index (κ1) is 20.1. The van der Waals surface area contributed by atoms with E-state index in [0.717, 1.165) is 36.3 Å². The van der Waals surface area contributed by atoms with Gasteiger partial charge in [-0.15, -0.1) is 11.3 Å². The van der Waals surface area contributed by atoms with E-state index in [2.05, 4.69) is 34.9 Å². The van der Waals surface area contributed by atoms with E-state index in [0.29, 0.717) is 26.2 Å². The third kappa shape index (κ3) is 3.59. The fraction of sp³-hybridized carbons (Fsp3) is 0.435. The minimum atomic E-state index is -0.431. The van der Waals surface area contributed by atoms with Gasteiger partial charge in [-0.2, -0.15) is 0 Å². The molecule has 7 nitrogen and oxygen atoms in total. The number of nitrogens with two attached hydrogens (primary N) is 1. The fourth-order valence-electron chi connectivity index (χ4n) is 5.15. The third-order valence-corrected chi connectivity index (χ3v) is 7.69. The summed E-state index contributed by atoms with van der Waals surface area (Å²) in [4.78, 5) is 34.3. The molecule has 5 rings (SSSR count). The van der Waals surface area contributed by atoms with Crippen LogP contribution in [0.4, 0.5) is 4.79 Å². The number of urea groups is 1. The second-order valence-corrected chi connectivity index (χ2v) is 9.49. The second kappa shape index (κ2) is 8.00. The average Bonchev–Trinajstić information content (AvgIpc) is 3.42. The highest BCUT2D eigenvalue weighted by Crippen LogP contribution is 2.42. The Morgan fingerprint density at radius 2 is 1.87 bits per heavy atom. The molecular formula is C23H27N5O2S. The Morgan fingerprint density at radius 3 is 2.58 bits per heavy atom. The fourth-order valence-corrected chi connectivity index (χ4v) is 5.85. The normalized spacial score (nSPS) is 21.4. The van der Waals surface area contributed by atoms with Gasteiger partial charge in [0, 0.05) is 49.4 Å². The largest absolute Gasteiger partial charge is 0.351 e. The van der Waals surface area contributed by atoms with Crippen LogP contribution in [0.15, 0.2) is 48.1 Å².